The van der Waals surface area contributed by atoms with E-state index in [0.717, 1.165) is 58.6 Å². The lowest BCUT2D eigenvalue weighted by Crippen LogP contribution is -2.41. The molecule has 2 amide bonds. The Hall–Kier alpha value is -4.47. The Morgan fingerprint density at radius 3 is 2.92 bits per heavy atom. The molecule has 37 heavy (non-hydrogen) atoms. The summed E-state index contributed by atoms with van der Waals surface area (Å²) < 4.78 is 1.97. The molecule has 1 saturated heterocycles. The summed E-state index contributed by atoms with van der Waals surface area (Å²) in [6.45, 7) is 3.20. The van der Waals surface area contributed by atoms with Crippen LogP contribution in [0.1, 0.15) is 47.4 Å². The van der Waals surface area contributed by atoms with Crippen molar-refractivity contribution in [3.05, 3.63) is 59.7 Å². The first kappa shape index (κ1) is 21.8. The van der Waals surface area contributed by atoms with Gasteiger partial charge in [-0.25, -0.2) is 9.97 Å². The molecular formula is C27H26N8O2. The number of anilines is 3. The number of nitrogens with one attached hydrogen (secondary N) is 3. The van der Waals surface area contributed by atoms with E-state index < -0.39 is 0 Å². The van der Waals surface area contributed by atoms with Crippen molar-refractivity contribution in [2.24, 2.45) is 7.05 Å². The van der Waals surface area contributed by atoms with E-state index in [1.807, 2.05) is 49.0 Å². The maximum absolute atomic E-state index is 12.9. The van der Waals surface area contributed by atoms with E-state index in [1.54, 1.807) is 12.4 Å². The first-order valence-corrected chi connectivity index (χ1v) is 12.5. The number of hydrogen-bond donors (Lipinski definition) is 3. The fraction of sp³-hybridized carbons (Fsp3) is 0.296. The predicted octanol–water partition coefficient (Wildman–Crippen LogP) is 3.18. The van der Waals surface area contributed by atoms with Crippen LogP contribution in [0.25, 0.3) is 22.3 Å². The highest BCUT2D eigenvalue weighted by Gasteiger charge is 2.37. The van der Waals surface area contributed by atoms with E-state index in [9.17, 15) is 9.59 Å². The SMILES string of the molecule is CC1NC(=O)C2CCCN2c2ccc(Nc3cnc(-c4ccnc5c4ccn5C)c4c3C(=O)NC4)nc21. The summed E-state index contributed by atoms with van der Waals surface area (Å²) in [4.78, 5) is 42.0. The van der Waals surface area contributed by atoms with Gasteiger partial charge in [0.25, 0.3) is 5.91 Å². The number of pyridine rings is 3. The van der Waals surface area contributed by atoms with Gasteiger partial charge in [-0.3, -0.25) is 14.6 Å². The van der Waals surface area contributed by atoms with Gasteiger partial charge in [0.05, 0.1) is 40.6 Å². The minimum atomic E-state index is -0.218. The molecule has 0 spiro atoms. The Kier molecular flexibility index (Phi) is 4.72. The lowest BCUT2D eigenvalue weighted by molar-refractivity contribution is -0.122. The van der Waals surface area contributed by atoms with Crippen LogP contribution < -0.4 is 20.9 Å². The standard InChI is InChI=1S/C27H26N8O2/c1-14-23-19(35-10-3-4-20(35)26(36)31-14)5-6-21(33-23)32-18-13-29-24(17-12-30-27(37)22(17)18)15-7-9-28-25-16(15)8-11-34(25)2/h5-9,11,13-14,20H,3-4,10,12H2,1-2H3,(H,30,37)(H,31,36)(H,32,33). The van der Waals surface area contributed by atoms with Crippen molar-refractivity contribution in [2.75, 3.05) is 16.8 Å². The minimum absolute atomic E-state index is 0.0513. The monoisotopic (exact) mass is 494 g/mol. The summed E-state index contributed by atoms with van der Waals surface area (Å²) in [5.41, 5.74) is 6.40. The molecule has 0 saturated carbocycles. The summed E-state index contributed by atoms with van der Waals surface area (Å²) in [5.74, 6) is 0.508. The summed E-state index contributed by atoms with van der Waals surface area (Å²) in [6, 6.07) is 7.52. The van der Waals surface area contributed by atoms with Crippen LogP contribution in [0.5, 0.6) is 0 Å². The van der Waals surface area contributed by atoms with Gasteiger partial charge >= 0.3 is 0 Å². The number of hydrogen-bond acceptors (Lipinski definition) is 7. The fourth-order valence-electron chi connectivity index (χ4n) is 5.88. The third-order valence-corrected chi connectivity index (χ3v) is 7.65. The summed E-state index contributed by atoms with van der Waals surface area (Å²) in [6.07, 6.45) is 7.27. The number of aryl methyl sites for hydroxylation is 1. The van der Waals surface area contributed by atoms with Crippen molar-refractivity contribution in [1.82, 2.24) is 30.2 Å². The zero-order chi connectivity index (χ0) is 25.3. The van der Waals surface area contributed by atoms with E-state index in [4.69, 9.17) is 9.97 Å². The molecule has 3 aliphatic rings. The third-order valence-electron chi connectivity index (χ3n) is 7.65. The number of nitrogens with zero attached hydrogens (tertiary/aromatic N) is 5. The first-order chi connectivity index (χ1) is 18.0. The topological polar surface area (TPSA) is 117 Å². The van der Waals surface area contributed by atoms with Gasteiger partial charge in [0, 0.05) is 49.0 Å². The molecule has 1 fully saturated rings. The highest BCUT2D eigenvalue weighted by atomic mass is 16.2. The van der Waals surface area contributed by atoms with Crippen LogP contribution in [-0.4, -0.2) is 43.9 Å². The largest absolute Gasteiger partial charge is 0.358 e. The van der Waals surface area contributed by atoms with E-state index in [1.165, 1.54) is 0 Å². The molecule has 3 aliphatic heterocycles. The first-order valence-electron chi connectivity index (χ1n) is 12.5. The van der Waals surface area contributed by atoms with Crippen LogP contribution >= 0.6 is 0 Å². The number of carbonyl (C=O) groups is 2. The number of carbonyl (C=O) groups excluding carboxylic acids is 2. The molecule has 0 aromatic carbocycles. The maximum atomic E-state index is 12.9. The lowest BCUT2D eigenvalue weighted by Gasteiger charge is -2.24. The van der Waals surface area contributed by atoms with Crippen LogP contribution in [0.2, 0.25) is 0 Å². The van der Waals surface area contributed by atoms with Crippen molar-refractivity contribution in [1.29, 1.82) is 0 Å². The molecule has 0 radical (unpaired) electrons. The zero-order valence-corrected chi connectivity index (χ0v) is 20.6. The molecule has 4 aromatic rings. The van der Waals surface area contributed by atoms with Crippen LogP contribution in [0.3, 0.4) is 0 Å². The minimum Gasteiger partial charge on any atom is -0.358 e. The van der Waals surface area contributed by atoms with Crippen molar-refractivity contribution in [3.8, 4) is 11.3 Å². The van der Waals surface area contributed by atoms with Gasteiger partial charge in [0.15, 0.2) is 0 Å². The number of amides is 2. The van der Waals surface area contributed by atoms with Crippen LogP contribution in [0, 0.1) is 0 Å². The summed E-state index contributed by atoms with van der Waals surface area (Å²) in [5, 5.41) is 10.4. The van der Waals surface area contributed by atoms with E-state index in [2.05, 4.69) is 25.8 Å². The van der Waals surface area contributed by atoms with Gasteiger partial charge in [-0.15, -0.1) is 0 Å². The second-order valence-corrected chi connectivity index (χ2v) is 9.89. The predicted molar refractivity (Wildman–Crippen MR) is 140 cm³/mol. The maximum Gasteiger partial charge on any atom is 0.254 e. The molecule has 4 aromatic heterocycles. The smallest absolute Gasteiger partial charge is 0.254 e. The van der Waals surface area contributed by atoms with Crippen LogP contribution in [0.4, 0.5) is 17.2 Å². The van der Waals surface area contributed by atoms with E-state index in [-0.39, 0.29) is 23.9 Å². The van der Waals surface area contributed by atoms with Crippen molar-refractivity contribution < 1.29 is 9.59 Å². The lowest BCUT2D eigenvalue weighted by atomic mass is 10.0. The van der Waals surface area contributed by atoms with Gasteiger partial charge < -0.3 is 25.4 Å². The molecule has 0 aliphatic carbocycles. The highest BCUT2D eigenvalue weighted by Crippen LogP contribution is 2.38. The second-order valence-electron chi connectivity index (χ2n) is 9.89. The van der Waals surface area contributed by atoms with Gasteiger partial charge in [0.1, 0.15) is 17.5 Å². The van der Waals surface area contributed by atoms with Crippen LogP contribution in [0.15, 0.2) is 42.9 Å². The number of rotatable bonds is 3. The highest BCUT2D eigenvalue weighted by molar-refractivity contribution is 6.06. The molecule has 3 N–H and O–H groups in total. The molecule has 0 bridgehead atoms. The normalized spacial score (nSPS) is 20.2. The van der Waals surface area contributed by atoms with Gasteiger partial charge in [-0.2, -0.15) is 0 Å². The quantitative estimate of drug-likeness (QED) is 0.400. The number of aromatic nitrogens is 4. The molecule has 186 valence electrons. The average Bonchev–Trinajstić information content (AvgIpc) is 3.62. The number of fused-ring (bicyclic) bond motifs is 5. The second kappa shape index (κ2) is 8.02. The van der Waals surface area contributed by atoms with E-state index >= 15 is 0 Å². The van der Waals surface area contributed by atoms with Gasteiger partial charge in [-0.05, 0) is 44.0 Å². The molecule has 7 heterocycles. The molecule has 2 atom stereocenters. The average molecular weight is 495 g/mol. The van der Waals surface area contributed by atoms with Gasteiger partial charge in [0.2, 0.25) is 5.91 Å². The Labute approximate surface area is 213 Å². The molecule has 10 heteroatoms. The fourth-order valence-corrected chi connectivity index (χ4v) is 5.88. The molecule has 7 rings (SSSR count). The Morgan fingerprint density at radius 2 is 2.03 bits per heavy atom. The van der Waals surface area contributed by atoms with E-state index in [0.29, 0.717) is 23.6 Å². The zero-order valence-electron chi connectivity index (χ0n) is 20.6. The summed E-state index contributed by atoms with van der Waals surface area (Å²) in [7, 11) is 1.96. The molecular weight excluding hydrogens is 468 g/mol. The summed E-state index contributed by atoms with van der Waals surface area (Å²) >= 11 is 0. The molecule has 10 nitrogen and oxygen atoms in total. The Morgan fingerprint density at radius 1 is 1.14 bits per heavy atom. The Bertz CT molecular complexity index is 1610. The third kappa shape index (κ3) is 3.28. The van der Waals surface area contributed by atoms with Crippen molar-refractivity contribution in [2.45, 2.75) is 38.4 Å². The van der Waals surface area contributed by atoms with Crippen LogP contribution in [-0.2, 0) is 18.4 Å². The Balaban J connectivity index is 1.29. The van der Waals surface area contributed by atoms with Gasteiger partial charge in [-0.1, -0.05) is 0 Å². The van der Waals surface area contributed by atoms with Crippen molar-refractivity contribution in [3.63, 3.8) is 0 Å². The molecule has 2 unspecified atom stereocenters. The van der Waals surface area contributed by atoms with Crippen molar-refractivity contribution >= 4 is 40.0 Å².